The number of hydrogen-bond acceptors (Lipinski definition) is 1. The number of anilines is 2. The molecule has 12 rings (SSSR count). The Balaban J connectivity index is 1.15. The Morgan fingerprint density at radius 3 is 1.56 bits per heavy atom. The quantitative estimate of drug-likeness (QED) is 0.162. The third kappa shape index (κ3) is 5.95. The predicted molar refractivity (Wildman–Crippen MR) is 264 cm³/mol. The third-order valence-electron chi connectivity index (χ3n) is 13.1. The Kier molecular flexibility index (Phi) is 8.76. The molecule has 0 spiro atoms. The normalized spacial score (nSPS) is 12.6. The molecule has 0 bridgehead atoms. The molecule has 0 aliphatic heterocycles. The van der Waals surface area contributed by atoms with E-state index in [-0.39, 0.29) is 0 Å². The summed E-state index contributed by atoms with van der Waals surface area (Å²) >= 11 is 0. The maximum absolute atomic E-state index is 3.71. The molecule has 1 N–H and O–H groups in total. The maximum Gasteiger partial charge on any atom is 0.0720 e. The largest absolute Gasteiger partial charge is 0.355 e. The Morgan fingerprint density at radius 2 is 0.873 bits per heavy atom. The number of benzene rings is 10. The van der Waals surface area contributed by atoms with Gasteiger partial charge in [0.25, 0.3) is 0 Å². The summed E-state index contributed by atoms with van der Waals surface area (Å²) in [5.74, 6) is 0. The van der Waals surface area contributed by atoms with Gasteiger partial charge in [0.2, 0.25) is 0 Å². The molecule has 0 amide bonds. The van der Waals surface area contributed by atoms with Gasteiger partial charge in [0.15, 0.2) is 0 Å². The average molecular weight is 803 g/mol. The van der Waals surface area contributed by atoms with Crippen LogP contribution < -0.4 is 5.32 Å². The lowest BCUT2D eigenvalue weighted by molar-refractivity contribution is 0.776. The van der Waals surface area contributed by atoms with Crippen LogP contribution in [0.25, 0.3) is 72.0 Å². The molecule has 1 aliphatic carbocycles. The Morgan fingerprint density at radius 1 is 0.349 bits per heavy atom. The molecule has 10 aromatic carbocycles. The van der Waals surface area contributed by atoms with Crippen LogP contribution in [0.15, 0.2) is 249 Å². The zero-order valence-corrected chi connectivity index (χ0v) is 34.6. The zero-order valence-electron chi connectivity index (χ0n) is 34.6. The zero-order chi connectivity index (χ0) is 41.7. The lowest BCUT2D eigenvalue weighted by Crippen LogP contribution is -2.28. The monoisotopic (exact) mass is 802 g/mol. The molecule has 0 saturated carbocycles. The Bertz CT molecular complexity index is 3390. The van der Waals surface area contributed by atoms with E-state index in [0.29, 0.717) is 0 Å². The predicted octanol–water partition coefficient (Wildman–Crippen LogP) is 15.9. The number of rotatable bonds is 8. The molecule has 2 heteroatoms. The number of fused-ring (bicyclic) bond motifs is 7. The van der Waals surface area contributed by atoms with Gasteiger partial charge in [0, 0.05) is 33.4 Å². The van der Waals surface area contributed by atoms with E-state index in [1.165, 1.54) is 77.4 Å². The lowest BCUT2D eigenvalue weighted by atomic mass is 9.67. The van der Waals surface area contributed by atoms with E-state index in [9.17, 15) is 0 Å². The highest BCUT2D eigenvalue weighted by molar-refractivity contribution is 6.16. The molecule has 2 nitrogen and oxygen atoms in total. The van der Waals surface area contributed by atoms with Crippen molar-refractivity contribution in [2.45, 2.75) is 5.41 Å². The van der Waals surface area contributed by atoms with Crippen molar-refractivity contribution in [2.24, 2.45) is 0 Å². The third-order valence-corrected chi connectivity index (χ3v) is 13.1. The van der Waals surface area contributed by atoms with Gasteiger partial charge in [-0.05, 0) is 116 Å². The standard InChI is InChI=1S/C61H42N2/c1-6-18-42(19-7-1)43-30-34-50(35-31-43)63-57-38-33-46(45-32-37-56(62-49-26-14-5-15-27-49)53(40-45)44-20-8-2-9-21-44)41-54(57)59-58(63)39-36-52-51-28-16-17-29-55(51)61(60(52)59,47-22-10-3-11-23-47)48-24-12-4-13-25-48/h1-41,62H. The van der Waals surface area contributed by atoms with Gasteiger partial charge in [0.05, 0.1) is 16.4 Å². The minimum atomic E-state index is -0.564. The second-order valence-corrected chi connectivity index (χ2v) is 16.5. The molecule has 63 heavy (non-hydrogen) atoms. The van der Waals surface area contributed by atoms with Gasteiger partial charge in [-0.1, -0.05) is 194 Å². The van der Waals surface area contributed by atoms with Crippen molar-refractivity contribution in [3.8, 4) is 50.2 Å². The van der Waals surface area contributed by atoms with Crippen molar-refractivity contribution in [1.82, 2.24) is 4.57 Å². The summed E-state index contributed by atoms with van der Waals surface area (Å²) in [7, 11) is 0. The van der Waals surface area contributed by atoms with Crippen LogP contribution in [0.3, 0.4) is 0 Å². The summed E-state index contributed by atoms with van der Waals surface area (Å²) in [6, 6.07) is 90.9. The molecular weight excluding hydrogens is 761 g/mol. The Hall–Kier alpha value is -8.20. The van der Waals surface area contributed by atoms with Crippen LogP contribution in [0, 0.1) is 0 Å². The van der Waals surface area contributed by atoms with Crippen LogP contribution in [-0.2, 0) is 5.41 Å². The fraction of sp³-hybridized carbons (Fsp3) is 0.0164. The minimum Gasteiger partial charge on any atom is -0.355 e. The SMILES string of the molecule is c1ccc(Nc2ccc(-c3ccc4c(c3)c3c5c(ccc3n4-c3ccc(-c4ccccc4)cc3)-c3ccccc3C5(c3ccccc3)c3ccccc3)cc2-c2ccccc2)cc1. The molecule has 0 atom stereocenters. The highest BCUT2D eigenvalue weighted by Crippen LogP contribution is 2.59. The molecule has 0 fully saturated rings. The van der Waals surface area contributed by atoms with Crippen molar-refractivity contribution in [3.05, 3.63) is 271 Å². The van der Waals surface area contributed by atoms with Gasteiger partial charge >= 0.3 is 0 Å². The smallest absolute Gasteiger partial charge is 0.0720 e. The highest BCUT2D eigenvalue weighted by atomic mass is 15.0. The first-order chi connectivity index (χ1) is 31.3. The van der Waals surface area contributed by atoms with Gasteiger partial charge in [-0.15, -0.1) is 0 Å². The lowest BCUT2D eigenvalue weighted by Gasteiger charge is -2.34. The second kappa shape index (κ2) is 15.1. The number of aromatic nitrogens is 1. The summed E-state index contributed by atoms with van der Waals surface area (Å²) in [4.78, 5) is 0. The van der Waals surface area contributed by atoms with E-state index in [2.05, 4.69) is 259 Å². The number of para-hydroxylation sites is 1. The van der Waals surface area contributed by atoms with Crippen LogP contribution in [0.4, 0.5) is 11.4 Å². The van der Waals surface area contributed by atoms with Crippen LogP contribution in [-0.4, -0.2) is 4.57 Å². The maximum atomic E-state index is 3.71. The summed E-state index contributed by atoms with van der Waals surface area (Å²) in [5, 5.41) is 6.21. The van der Waals surface area contributed by atoms with E-state index in [4.69, 9.17) is 0 Å². The molecule has 0 unspecified atom stereocenters. The summed E-state index contributed by atoms with van der Waals surface area (Å²) in [6.45, 7) is 0. The first-order valence-electron chi connectivity index (χ1n) is 21.8. The molecular formula is C61H42N2. The molecule has 0 radical (unpaired) electrons. The highest BCUT2D eigenvalue weighted by Gasteiger charge is 2.47. The van der Waals surface area contributed by atoms with Crippen molar-refractivity contribution < 1.29 is 0 Å². The minimum absolute atomic E-state index is 0.564. The van der Waals surface area contributed by atoms with E-state index in [1.807, 2.05) is 0 Å². The van der Waals surface area contributed by atoms with Crippen molar-refractivity contribution >= 4 is 33.2 Å². The average Bonchev–Trinajstić information content (AvgIpc) is 3.86. The van der Waals surface area contributed by atoms with Crippen LogP contribution in [0.1, 0.15) is 22.3 Å². The molecule has 1 heterocycles. The molecule has 0 saturated heterocycles. The van der Waals surface area contributed by atoms with Gasteiger partial charge < -0.3 is 9.88 Å². The second-order valence-electron chi connectivity index (χ2n) is 16.5. The first-order valence-corrected chi connectivity index (χ1v) is 21.8. The molecule has 1 aromatic heterocycles. The molecule has 1 aliphatic rings. The van der Waals surface area contributed by atoms with Crippen LogP contribution in [0.5, 0.6) is 0 Å². The number of hydrogen-bond donors (Lipinski definition) is 1. The Labute approximate surface area is 368 Å². The summed E-state index contributed by atoms with van der Waals surface area (Å²) in [6.07, 6.45) is 0. The van der Waals surface area contributed by atoms with Gasteiger partial charge in [-0.2, -0.15) is 0 Å². The first kappa shape index (κ1) is 36.6. The number of nitrogens with zero attached hydrogens (tertiary/aromatic N) is 1. The van der Waals surface area contributed by atoms with E-state index < -0.39 is 5.41 Å². The van der Waals surface area contributed by atoms with E-state index in [1.54, 1.807) is 0 Å². The molecule has 296 valence electrons. The topological polar surface area (TPSA) is 17.0 Å². The fourth-order valence-corrected chi connectivity index (χ4v) is 10.3. The van der Waals surface area contributed by atoms with Crippen molar-refractivity contribution in [3.63, 3.8) is 0 Å². The molecule has 11 aromatic rings. The summed E-state index contributed by atoms with van der Waals surface area (Å²) < 4.78 is 2.48. The van der Waals surface area contributed by atoms with Crippen LogP contribution in [0.2, 0.25) is 0 Å². The van der Waals surface area contributed by atoms with Gasteiger partial charge in [0.1, 0.15) is 0 Å². The van der Waals surface area contributed by atoms with Gasteiger partial charge in [-0.25, -0.2) is 0 Å². The fourth-order valence-electron chi connectivity index (χ4n) is 10.3. The number of nitrogens with one attached hydrogen (secondary N) is 1. The van der Waals surface area contributed by atoms with Crippen molar-refractivity contribution in [2.75, 3.05) is 5.32 Å². The summed E-state index contributed by atoms with van der Waals surface area (Å²) in [5.41, 5.74) is 19.8. The van der Waals surface area contributed by atoms with Crippen molar-refractivity contribution in [1.29, 1.82) is 0 Å². The van der Waals surface area contributed by atoms with Crippen LogP contribution >= 0.6 is 0 Å². The van der Waals surface area contributed by atoms with E-state index >= 15 is 0 Å². The van der Waals surface area contributed by atoms with Gasteiger partial charge in [-0.3, -0.25) is 0 Å². The van der Waals surface area contributed by atoms with E-state index in [0.717, 1.165) is 28.2 Å².